The SMILES string of the molecule is N#C/C(=C/c1ccc(OCc2ccc(Br)cc2)cc1)c1ccccc1F. The Morgan fingerprint density at radius 1 is 1.00 bits per heavy atom. The molecule has 0 unspecified atom stereocenters. The highest BCUT2D eigenvalue weighted by Gasteiger charge is 2.06. The van der Waals surface area contributed by atoms with Gasteiger partial charge in [-0.25, -0.2) is 4.39 Å². The summed E-state index contributed by atoms with van der Waals surface area (Å²) in [5, 5.41) is 9.34. The summed E-state index contributed by atoms with van der Waals surface area (Å²) in [5.74, 6) is 0.323. The lowest BCUT2D eigenvalue weighted by Crippen LogP contribution is -1.95. The number of allylic oxidation sites excluding steroid dienone is 1. The lowest BCUT2D eigenvalue weighted by molar-refractivity contribution is 0.306. The van der Waals surface area contributed by atoms with E-state index in [1.807, 2.05) is 48.5 Å². The molecule has 0 aliphatic heterocycles. The second-order valence-electron chi connectivity index (χ2n) is 5.63. The van der Waals surface area contributed by atoms with Crippen molar-refractivity contribution in [2.75, 3.05) is 0 Å². The standard InChI is InChI=1S/C22H15BrFNO/c23-19-9-5-17(6-10-19)15-26-20-11-7-16(8-12-20)13-18(14-25)21-3-1-2-4-22(21)24/h1-13H,15H2/b18-13-. The Morgan fingerprint density at radius 3 is 2.35 bits per heavy atom. The third kappa shape index (κ3) is 4.59. The minimum absolute atomic E-state index is 0.284. The summed E-state index contributed by atoms with van der Waals surface area (Å²) in [6, 6.07) is 23.6. The van der Waals surface area contributed by atoms with Crippen molar-refractivity contribution in [2.45, 2.75) is 6.61 Å². The van der Waals surface area contributed by atoms with Crippen molar-refractivity contribution in [1.29, 1.82) is 5.26 Å². The minimum atomic E-state index is -0.408. The van der Waals surface area contributed by atoms with Gasteiger partial charge in [0.25, 0.3) is 0 Å². The molecule has 3 aromatic rings. The predicted octanol–water partition coefficient (Wildman–Crippen LogP) is 6.23. The van der Waals surface area contributed by atoms with Crippen molar-refractivity contribution < 1.29 is 9.13 Å². The van der Waals surface area contributed by atoms with Crippen molar-refractivity contribution in [3.05, 3.63) is 99.8 Å². The zero-order valence-corrected chi connectivity index (χ0v) is 15.4. The van der Waals surface area contributed by atoms with Crippen molar-refractivity contribution in [3.8, 4) is 11.8 Å². The summed E-state index contributed by atoms with van der Waals surface area (Å²) in [6.45, 7) is 0.473. The highest BCUT2D eigenvalue weighted by atomic mass is 79.9. The van der Waals surface area contributed by atoms with Crippen LogP contribution in [0.1, 0.15) is 16.7 Å². The molecule has 0 atom stereocenters. The van der Waals surface area contributed by atoms with Crippen LogP contribution in [-0.2, 0) is 6.61 Å². The molecule has 0 aliphatic carbocycles. The lowest BCUT2D eigenvalue weighted by Gasteiger charge is -2.07. The van der Waals surface area contributed by atoms with Gasteiger partial charge in [-0.3, -0.25) is 0 Å². The number of ether oxygens (including phenoxy) is 1. The Morgan fingerprint density at radius 2 is 1.69 bits per heavy atom. The molecule has 2 nitrogen and oxygen atoms in total. The Kier molecular flexibility index (Phi) is 5.83. The molecule has 3 rings (SSSR count). The van der Waals surface area contributed by atoms with Crippen LogP contribution in [0, 0.1) is 17.1 Å². The molecule has 26 heavy (non-hydrogen) atoms. The molecular formula is C22H15BrFNO. The maximum Gasteiger partial charge on any atom is 0.131 e. The van der Waals surface area contributed by atoms with Gasteiger partial charge in [-0.15, -0.1) is 0 Å². The first-order chi connectivity index (χ1) is 12.7. The fourth-order valence-electron chi connectivity index (χ4n) is 2.42. The minimum Gasteiger partial charge on any atom is -0.489 e. The van der Waals surface area contributed by atoms with Crippen LogP contribution in [0.15, 0.2) is 77.3 Å². The van der Waals surface area contributed by atoms with Gasteiger partial charge in [0, 0.05) is 10.0 Å². The number of nitrogens with zero attached hydrogens (tertiary/aromatic N) is 1. The lowest BCUT2D eigenvalue weighted by atomic mass is 10.0. The predicted molar refractivity (Wildman–Crippen MR) is 105 cm³/mol. The van der Waals surface area contributed by atoms with E-state index in [-0.39, 0.29) is 5.57 Å². The number of hydrogen-bond acceptors (Lipinski definition) is 2. The molecule has 128 valence electrons. The third-order valence-corrected chi connectivity index (χ3v) is 4.32. The molecule has 0 saturated heterocycles. The van der Waals surface area contributed by atoms with E-state index in [0.29, 0.717) is 12.2 Å². The molecule has 0 amide bonds. The van der Waals surface area contributed by atoms with Gasteiger partial charge in [-0.2, -0.15) is 5.26 Å². The number of nitriles is 1. The van der Waals surface area contributed by atoms with E-state index in [2.05, 4.69) is 22.0 Å². The summed E-state index contributed by atoms with van der Waals surface area (Å²) in [7, 11) is 0. The van der Waals surface area contributed by atoms with Crippen LogP contribution in [0.4, 0.5) is 4.39 Å². The van der Waals surface area contributed by atoms with E-state index in [9.17, 15) is 9.65 Å². The normalized spacial score (nSPS) is 11.0. The average Bonchev–Trinajstić information content (AvgIpc) is 2.67. The van der Waals surface area contributed by atoms with E-state index >= 15 is 0 Å². The summed E-state index contributed by atoms with van der Waals surface area (Å²) >= 11 is 3.40. The van der Waals surface area contributed by atoms with Gasteiger partial charge in [-0.05, 0) is 47.5 Å². The molecule has 0 spiro atoms. The highest BCUT2D eigenvalue weighted by Crippen LogP contribution is 2.22. The van der Waals surface area contributed by atoms with E-state index in [4.69, 9.17) is 4.74 Å². The van der Waals surface area contributed by atoms with Crippen molar-refractivity contribution >= 4 is 27.6 Å². The van der Waals surface area contributed by atoms with E-state index in [1.165, 1.54) is 6.07 Å². The third-order valence-electron chi connectivity index (χ3n) is 3.79. The molecule has 0 saturated carbocycles. The fourth-order valence-corrected chi connectivity index (χ4v) is 2.69. The first kappa shape index (κ1) is 17.9. The molecule has 0 N–H and O–H groups in total. The summed E-state index contributed by atoms with van der Waals surface area (Å²) in [5.41, 5.74) is 2.46. The van der Waals surface area contributed by atoms with Gasteiger partial charge < -0.3 is 4.74 Å². The van der Waals surface area contributed by atoms with E-state index < -0.39 is 5.82 Å². The second-order valence-corrected chi connectivity index (χ2v) is 6.55. The van der Waals surface area contributed by atoms with Crippen LogP contribution < -0.4 is 4.74 Å². The van der Waals surface area contributed by atoms with Crippen molar-refractivity contribution in [2.24, 2.45) is 0 Å². The number of halogens is 2. The molecular weight excluding hydrogens is 393 g/mol. The summed E-state index contributed by atoms with van der Waals surface area (Å²) in [6.07, 6.45) is 1.66. The van der Waals surface area contributed by atoms with Gasteiger partial charge >= 0.3 is 0 Å². The van der Waals surface area contributed by atoms with Crippen LogP contribution in [0.5, 0.6) is 5.75 Å². The Hall–Kier alpha value is -2.90. The average molecular weight is 408 g/mol. The number of hydrogen-bond donors (Lipinski definition) is 0. The largest absolute Gasteiger partial charge is 0.489 e. The molecule has 0 heterocycles. The van der Waals surface area contributed by atoms with Crippen LogP contribution in [-0.4, -0.2) is 0 Å². The molecule has 0 aromatic heterocycles. The molecule has 3 aromatic carbocycles. The van der Waals surface area contributed by atoms with Gasteiger partial charge in [0.15, 0.2) is 0 Å². The first-order valence-electron chi connectivity index (χ1n) is 8.00. The summed E-state index contributed by atoms with van der Waals surface area (Å²) < 4.78 is 20.7. The van der Waals surface area contributed by atoms with Crippen LogP contribution in [0.2, 0.25) is 0 Å². The van der Waals surface area contributed by atoms with E-state index in [1.54, 1.807) is 24.3 Å². The Bertz CT molecular complexity index is 957. The first-order valence-corrected chi connectivity index (χ1v) is 8.79. The van der Waals surface area contributed by atoms with Gasteiger partial charge in [-0.1, -0.05) is 58.4 Å². The topological polar surface area (TPSA) is 33.0 Å². The Labute approximate surface area is 160 Å². The highest BCUT2D eigenvalue weighted by molar-refractivity contribution is 9.10. The van der Waals surface area contributed by atoms with Crippen molar-refractivity contribution in [3.63, 3.8) is 0 Å². The van der Waals surface area contributed by atoms with Gasteiger partial charge in [0.05, 0.1) is 11.6 Å². The van der Waals surface area contributed by atoms with Crippen LogP contribution >= 0.6 is 15.9 Å². The monoisotopic (exact) mass is 407 g/mol. The smallest absolute Gasteiger partial charge is 0.131 e. The molecule has 0 radical (unpaired) electrons. The number of rotatable bonds is 5. The molecule has 0 aliphatic rings. The Balaban J connectivity index is 1.71. The second kappa shape index (κ2) is 8.46. The maximum absolute atomic E-state index is 13.9. The van der Waals surface area contributed by atoms with E-state index in [0.717, 1.165) is 21.3 Å². The zero-order chi connectivity index (χ0) is 18.4. The molecule has 0 fully saturated rings. The molecule has 4 heteroatoms. The fraction of sp³-hybridized carbons (Fsp3) is 0.0455. The van der Waals surface area contributed by atoms with Crippen LogP contribution in [0.25, 0.3) is 11.6 Å². The quantitative estimate of drug-likeness (QED) is 0.370. The number of benzene rings is 3. The maximum atomic E-state index is 13.9. The van der Waals surface area contributed by atoms with Gasteiger partial charge in [0.1, 0.15) is 18.2 Å². The molecule has 0 bridgehead atoms. The zero-order valence-electron chi connectivity index (χ0n) is 13.8. The van der Waals surface area contributed by atoms with Gasteiger partial charge in [0.2, 0.25) is 0 Å². The summed E-state index contributed by atoms with van der Waals surface area (Å²) in [4.78, 5) is 0. The van der Waals surface area contributed by atoms with Crippen molar-refractivity contribution in [1.82, 2.24) is 0 Å². The van der Waals surface area contributed by atoms with Crippen LogP contribution in [0.3, 0.4) is 0 Å².